The fourth-order valence-corrected chi connectivity index (χ4v) is 2.09. The summed E-state index contributed by atoms with van der Waals surface area (Å²) in [5, 5.41) is 3.17. The maximum Gasteiger partial charge on any atom is 0.416 e. The van der Waals surface area contributed by atoms with Gasteiger partial charge in [0.25, 0.3) is 5.91 Å². The quantitative estimate of drug-likeness (QED) is 0.919. The van der Waals surface area contributed by atoms with E-state index in [0.717, 1.165) is 31.6 Å². The van der Waals surface area contributed by atoms with Crippen molar-refractivity contribution < 1.29 is 22.7 Å². The van der Waals surface area contributed by atoms with Crippen molar-refractivity contribution in [1.82, 2.24) is 10.2 Å². The molecule has 1 aromatic rings. The molecule has 1 amide bonds. The van der Waals surface area contributed by atoms with Gasteiger partial charge in [0.15, 0.2) is 6.61 Å². The lowest BCUT2D eigenvalue weighted by Gasteiger charge is -2.20. The first kappa shape index (κ1) is 18.6. The molecule has 0 radical (unpaired) electrons. The van der Waals surface area contributed by atoms with E-state index in [1.165, 1.54) is 12.1 Å². The van der Waals surface area contributed by atoms with Gasteiger partial charge in [-0.3, -0.25) is 4.79 Å². The Morgan fingerprint density at radius 2 is 2.05 bits per heavy atom. The molecule has 0 bridgehead atoms. The lowest BCUT2D eigenvalue weighted by molar-refractivity contribution is -0.137. The van der Waals surface area contributed by atoms with Crippen molar-refractivity contribution in [2.45, 2.75) is 12.6 Å². The molecule has 0 saturated carbocycles. The number of nitrogens with one attached hydrogen (secondary N) is 1. The summed E-state index contributed by atoms with van der Waals surface area (Å²) in [6.45, 7) is 2.55. The molecule has 2 rings (SSSR count). The highest BCUT2D eigenvalue weighted by atomic mass is 35.5. The van der Waals surface area contributed by atoms with Crippen molar-refractivity contribution >= 4 is 18.3 Å². The maximum absolute atomic E-state index is 12.6. The Hall–Kier alpha value is -1.47. The Bertz CT molecular complexity index is 489. The van der Waals surface area contributed by atoms with Gasteiger partial charge >= 0.3 is 6.18 Å². The number of amides is 1. The number of hydrogen-bond donors (Lipinski definition) is 1. The molecular weight excluding hydrogens is 321 g/mol. The maximum atomic E-state index is 12.6. The molecule has 0 atom stereocenters. The molecular formula is C14H18ClF3N2O2. The van der Waals surface area contributed by atoms with Crippen LogP contribution in [0.5, 0.6) is 5.75 Å². The van der Waals surface area contributed by atoms with Gasteiger partial charge in [-0.25, -0.2) is 0 Å². The molecule has 1 aliphatic rings. The largest absolute Gasteiger partial charge is 0.484 e. The average Bonchev–Trinajstić information content (AvgIpc) is 2.73. The average molecular weight is 339 g/mol. The van der Waals surface area contributed by atoms with Gasteiger partial charge in [0.05, 0.1) is 5.56 Å². The molecule has 1 N–H and O–H groups in total. The molecule has 8 heteroatoms. The lowest BCUT2D eigenvalue weighted by atomic mass is 10.2. The first-order valence-corrected chi connectivity index (χ1v) is 6.75. The molecule has 4 nitrogen and oxygen atoms in total. The third kappa shape index (κ3) is 5.38. The van der Waals surface area contributed by atoms with Crippen molar-refractivity contribution in [2.75, 3.05) is 32.8 Å². The fourth-order valence-electron chi connectivity index (χ4n) is 2.09. The zero-order chi connectivity index (χ0) is 15.3. The van der Waals surface area contributed by atoms with Crippen LogP contribution < -0.4 is 10.1 Å². The van der Waals surface area contributed by atoms with Gasteiger partial charge in [0, 0.05) is 19.6 Å². The van der Waals surface area contributed by atoms with E-state index in [2.05, 4.69) is 5.32 Å². The van der Waals surface area contributed by atoms with Crippen LogP contribution in [0, 0.1) is 0 Å². The zero-order valence-corrected chi connectivity index (χ0v) is 12.7. The van der Waals surface area contributed by atoms with Crippen LogP contribution >= 0.6 is 12.4 Å². The first-order chi connectivity index (χ1) is 9.97. The molecule has 1 aliphatic heterocycles. The van der Waals surface area contributed by atoms with Crippen molar-refractivity contribution in [2.24, 2.45) is 0 Å². The van der Waals surface area contributed by atoms with E-state index in [1.54, 1.807) is 4.90 Å². The summed E-state index contributed by atoms with van der Waals surface area (Å²) in [6.07, 6.45) is -3.56. The highest BCUT2D eigenvalue weighted by molar-refractivity contribution is 5.85. The predicted molar refractivity (Wildman–Crippen MR) is 78.3 cm³/mol. The van der Waals surface area contributed by atoms with E-state index < -0.39 is 11.7 Å². The van der Waals surface area contributed by atoms with E-state index >= 15 is 0 Å². The highest BCUT2D eigenvalue weighted by Gasteiger charge is 2.30. The molecule has 0 unspecified atom stereocenters. The third-order valence-corrected chi connectivity index (χ3v) is 3.22. The van der Waals surface area contributed by atoms with Gasteiger partial charge in [-0.2, -0.15) is 13.2 Å². The summed E-state index contributed by atoms with van der Waals surface area (Å²) in [5.41, 5.74) is -0.786. The standard InChI is InChI=1S/C14H17F3N2O2.ClH/c15-14(16,17)11-3-1-4-12(9-11)21-10-13(20)19-7-2-5-18-6-8-19;/h1,3-4,9,18H,2,5-8,10H2;1H. The Morgan fingerprint density at radius 1 is 1.27 bits per heavy atom. The Kier molecular flexibility index (Phi) is 6.96. The van der Waals surface area contributed by atoms with Gasteiger partial charge in [-0.1, -0.05) is 6.07 Å². The minimum absolute atomic E-state index is 0. The summed E-state index contributed by atoms with van der Waals surface area (Å²) in [4.78, 5) is 13.6. The van der Waals surface area contributed by atoms with Gasteiger partial charge < -0.3 is 15.0 Å². The number of alkyl halides is 3. The summed E-state index contributed by atoms with van der Waals surface area (Å²) in [5.74, 6) is -0.165. The first-order valence-electron chi connectivity index (χ1n) is 6.75. The molecule has 0 aromatic heterocycles. The van der Waals surface area contributed by atoms with Crippen LogP contribution in [0.15, 0.2) is 24.3 Å². The number of ether oxygens (including phenoxy) is 1. The van der Waals surface area contributed by atoms with Gasteiger partial charge in [-0.05, 0) is 31.2 Å². The number of benzene rings is 1. The third-order valence-electron chi connectivity index (χ3n) is 3.22. The monoisotopic (exact) mass is 338 g/mol. The number of carbonyl (C=O) groups excluding carboxylic acids is 1. The van der Waals surface area contributed by atoms with E-state index in [0.29, 0.717) is 13.1 Å². The molecule has 1 aromatic carbocycles. The Morgan fingerprint density at radius 3 is 2.77 bits per heavy atom. The predicted octanol–water partition coefficient (Wildman–Crippen LogP) is 2.33. The smallest absolute Gasteiger partial charge is 0.416 e. The minimum atomic E-state index is -4.42. The van der Waals surface area contributed by atoms with Gasteiger partial charge in [0.1, 0.15) is 5.75 Å². The lowest BCUT2D eigenvalue weighted by Crippen LogP contribution is -2.37. The van der Waals surface area contributed by atoms with Crippen LogP contribution in [-0.2, 0) is 11.0 Å². The molecule has 0 spiro atoms. The second-order valence-electron chi connectivity index (χ2n) is 4.80. The minimum Gasteiger partial charge on any atom is -0.484 e. The second-order valence-corrected chi connectivity index (χ2v) is 4.80. The van der Waals surface area contributed by atoms with E-state index in [1.807, 2.05) is 0 Å². The second kappa shape index (κ2) is 8.24. The topological polar surface area (TPSA) is 41.6 Å². The Labute approximate surface area is 133 Å². The summed E-state index contributed by atoms with van der Waals surface area (Å²) < 4.78 is 42.9. The van der Waals surface area contributed by atoms with Gasteiger partial charge in [0.2, 0.25) is 0 Å². The number of carbonyl (C=O) groups is 1. The number of halogens is 4. The summed E-state index contributed by atoms with van der Waals surface area (Å²) in [6, 6.07) is 4.54. The number of rotatable bonds is 3. The SMILES string of the molecule is Cl.O=C(COc1cccc(C(F)(F)F)c1)N1CCCNCC1. The zero-order valence-electron chi connectivity index (χ0n) is 11.9. The van der Waals surface area contributed by atoms with Crippen LogP contribution in [0.3, 0.4) is 0 Å². The molecule has 22 heavy (non-hydrogen) atoms. The highest BCUT2D eigenvalue weighted by Crippen LogP contribution is 2.31. The normalized spacial score (nSPS) is 15.7. The van der Waals surface area contributed by atoms with E-state index in [4.69, 9.17) is 4.74 Å². The molecule has 1 heterocycles. The van der Waals surface area contributed by atoms with Gasteiger partial charge in [-0.15, -0.1) is 12.4 Å². The Balaban J connectivity index is 0.00000242. The van der Waals surface area contributed by atoms with Crippen molar-refractivity contribution in [3.63, 3.8) is 0 Å². The van der Waals surface area contributed by atoms with E-state index in [9.17, 15) is 18.0 Å². The number of hydrogen-bond acceptors (Lipinski definition) is 3. The van der Waals surface area contributed by atoms with Crippen LogP contribution in [-0.4, -0.2) is 43.6 Å². The summed E-state index contributed by atoms with van der Waals surface area (Å²) >= 11 is 0. The molecule has 124 valence electrons. The summed E-state index contributed by atoms with van der Waals surface area (Å²) in [7, 11) is 0. The molecule has 1 fully saturated rings. The van der Waals surface area contributed by atoms with Crippen LogP contribution in [0.25, 0.3) is 0 Å². The number of nitrogens with zero attached hydrogens (tertiary/aromatic N) is 1. The van der Waals surface area contributed by atoms with Crippen LogP contribution in [0.1, 0.15) is 12.0 Å². The fraction of sp³-hybridized carbons (Fsp3) is 0.500. The van der Waals surface area contributed by atoms with Crippen LogP contribution in [0.2, 0.25) is 0 Å². The van der Waals surface area contributed by atoms with Crippen molar-refractivity contribution in [3.8, 4) is 5.75 Å². The van der Waals surface area contributed by atoms with Crippen molar-refractivity contribution in [3.05, 3.63) is 29.8 Å². The molecule has 1 saturated heterocycles. The molecule has 0 aliphatic carbocycles. The van der Waals surface area contributed by atoms with Crippen LogP contribution in [0.4, 0.5) is 13.2 Å². The van der Waals surface area contributed by atoms with Crippen molar-refractivity contribution in [1.29, 1.82) is 0 Å². The van der Waals surface area contributed by atoms with E-state index in [-0.39, 0.29) is 30.7 Å².